The molecule has 0 saturated heterocycles. The molecular formula is C21H29N3OS. The van der Waals surface area contributed by atoms with Gasteiger partial charge in [0.25, 0.3) is 0 Å². The standard InChI is InChI=1S/C21H29N3OS/c1-23(2)15-16-24(14-8-11-18-9-5-4-6-10-18)21(26)22-19-12-7-13-20(17-19)25-3/h4-7,9-10,12-13,17H,8,11,14-16H2,1-3H3,(H,22,26). The number of methoxy groups -OCH3 is 1. The van der Waals surface area contributed by atoms with Gasteiger partial charge in [0.2, 0.25) is 0 Å². The van der Waals surface area contributed by atoms with Crippen molar-refractivity contribution < 1.29 is 4.74 Å². The Hall–Kier alpha value is -2.11. The number of thiocarbonyl (C=S) groups is 1. The van der Waals surface area contributed by atoms with E-state index in [9.17, 15) is 0 Å². The lowest BCUT2D eigenvalue weighted by molar-refractivity contribution is 0.329. The number of benzene rings is 2. The highest BCUT2D eigenvalue weighted by molar-refractivity contribution is 7.80. The van der Waals surface area contributed by atoms with Crippen LogP contribution in [-0.4, -0.2) is 55.8 Å². The van der Waals surface area contributed by atoms with Crippen LogP contribution in [0.2, 0.25) is 0 Å². The zero-order chi connectivity index (χ0) is 18.8. The quantitative estimate of drug-likeness (QED) is 0.675. The number of aryl methyl sites for hydroxylation is 1. The molecule has 0 unspecified atom stereocenters. The maximum atomic E-state index is 5.67. The minimum absolute atomic E-state index is 0.758. The van der Waals surface area contributed by atoms with Gasteiger partial charge in [-0.2, -0.15) is 0 Å². The van der Waals surface area contributed by atoms with Gasteiger partial charge in [0.15, 0.2) is 5.11 Å². The van der Waals surface area contributed by atoms with Gasteiger partial charge in [0.1, 0.15) is 5.75 Å². The molecule has 0 aliphatic heterocycles. The van der Waals surface area contributed by atoms with Crippen LogP contribution in [0.25, 0.3) is 0 Å². The van der Waals surface area contributed by atoms with Crippen LogP contribution >= 0.6 is 12.2 Å². The third kappa shape index (κ3) is 7.02. The molecule has 0 heterocycles. The zero-order valence-electron chi connectivity index (χ0n) is 15.9. The molecule has 0 amide bonds. The van der Waals surface area contributed by atoms with Crippen LogP contribution in [-0.2, 0) is 6.42 Å². The van der Waals surface area contributed by atoms with E-state index in [1.165, 1.54) is 5.56 Å². The van der Waals surface area contributed by atoms with E-state index in [0.29, 0.717) is 0 Å². The molecule has 2 rings (SSSR count). The van der Waals surface area contributed by atoms with Crippen LogP contribution in [0.4, 0.5) is 5.69 Å². The molecule has 0 aliphatic carbocycles. The number of hydrogen-bond acceptors (Lipinski definition) is 3. The lowest BCUT2D eigenvalue weighted by Gasteiger charge is -2.27. The molecule has 0 aliphatic rings. The lowest BCUT2D eigenvalue weighted by Crippen LogP contribution is -2.40. The number of anilines is 1. The summed E-state index contributed by atoms with van der Waals surface area (Å²) in [4.78, 5) is 4.43. The molecule has 1 N–H and O–H groups in total. The number of nitrogens with zero attached hydrogens (tertiary/aromatic N) is 2. The van der Waals surface area contributed by atoms with E-state index in [0.717, 1.165) is 49.0 Å². The van der Waals surface area contributed by atoms with Crippen LogP contribution in [0.1, 0.15) is 12.0 Å². The van der Waals surface area contributed by atoms with Crippen molar-refractivity contribution in [3.63, 3.8) is 0 Å². The molecular weight excluding hydrogens is 342 g/mol. The van der Waals surface area contributed by atoms with Gasteiger partial charge in [0, 0.05) is 31.4 Å². The van der Waals surface area contributed by atoms with Crippen molar-refractivity contribution in [1.29, 1.82) is 0 Å². The van der Waals surface area contributed by atoms with Crippen LogP contribution in [0.5, 0.6) is 5.75 Å². The van der Waals surface area contributed by atoms with Crippen molar-refractivity contribution in [3.8, 4) is 5.75 Å². The Bertz CT molecular complexity index is 676. The van der Waals surface area contributed by atoms with Crippen molar-refractivity contribution in [2.75, 3.05) is 46.2 Å². The molecule has 0 radical (unpaired) electrons. The van der Waals surface area contributed by atoms with Gasteiger partial charge in [-0.25, -0.2) is 0 Å². The Morgan fingerprint density at radius 1 is 1.00 bits per heavy atom. The summed E-state index contributed by atoms with van der Waals surface area (Å²) >= 11 is 5.67. The molecule has 0 bridgehead atoms. The smallest absolute Gasteiger partial charge is 0.173 e. The third-order valence-electron chi connectivity index (χ3n) is 4.16. The monoisotopic (exact) mass is 371 g/mol. The SMILES string of the molecule is COc1cccc(NC(=S)N(CCCc2ccccc2)CCN(C)C)c1. The topological polar surface area (TPSA) is 27.7 Å². The van der Waals surface area contributed by atoms with E-state index in [2.05, 4.69) is 59.5 Å². The van der Waals surface area contributed by atoms with Crippen LogP contribution in [0, 0.1) is 0 Å². The highest BCUT2D eigenvalue weighted by atomic mass is 32.1. The largest absolute Gasteiger partial charge is 0.497 e. The maximum Gasteiger partial charge on any atom is 0.173 e. The minimum atomic E-state index is 0.758. The van der Waals surface area contributed by atoms with Crippen molar-refractivity contribution in [2.45, 2.75) is 12.8 Å². The molecule has 0 saturated carbocycles. The van der Waals surface area contributed by atoms with E-state index in [1.54, 1.807) is 7.11 Å². The molecule has 0 aromatic heterocycles. The van der Waals surface area contributed by atoms with Crippen LogP contribution < -0.4 is 10.1 Å². The lowest BCUT2D eigenvalue weighted by atomic mass is 10.1. The van der Waals surface area contributed by atoms with E-state index in [1.807, 2.05) is 24.3 Å². The first-order chi connectivity index (χ1) is 12.6. The van der Waals surface area contributed by atoms with Gasteiger partial charge < -0.3 is 19.9 Å². The van der Waals surface area contributed by atoms with E-state index >= 15 is 0 Å². The molecule has 2 aromatic rings. The van der Waals surface area contributed by atoms with Crippen molar-refractivity contribution in [2.24, 2.45) is 0 Å². The Labute approximate surface area is 162 Å². The first kappa shape index (κ1) is 20.2. The maximum absolute atomic E-state index is 5.67. The van der Waals surface area contributed by atoms with Gasteiger partial charge >= 0.3 is 0 Å². The summed E-state index contributed by atoms with van der Waals surface area (Å²) in [6.07, 6.45) is 2.12. The van der Waals surface area contributed by atoms with Crippen molar-refractivity contribution in [3.05, 3.63) is 60.2 Å². The molecule has 5 heteroatoms. The zero-order valence-corrected chi connectivity index (χ0v) is 16.8. The summed E-state index contributed by atoms with van der Waals surface area (Å²) in [7, 11) is 5.84. The number of likely N-dealkylation sites (N-methyl/N-ethyl adjacent to an activating group) is 1. The second-order valence-corrected chi connectivity index (χ2v) is 6.93. The highest BCUT2D eigenvalue weighted by Gasteiger charge is 2.11. The number of hydrogen-bond donors (Lipinski definition) is 1. The normalized spacial score (nSPS) is 10.6. The van der Waals surface area contributed by atoms with Gasteiger partial charge in [-0.3, -0.25) is 0 Å². The summed E-state index contributed by atoms with van der Waals surface area (Å²) < 4.78 is 5.29. The first-order valence-corrected chi connectivity index (χ1v) is 9.38. The fourth-order valence-corrected chi connectivity index (χ4v) is 2.96. The second-order valence-electron chi connectivity index (χ2n) is 6.54. The number of ether oxygens (including phenoxy) is 1. The van der Waals surface area contributed by atoms with Crippen LogP contribution in [0.3, 0.4) is 0 Å². The Balaban J connectivity index is 1.94. The Morgan fingerprint density at radius 2 is 1.77 bits per heavy atom. The number of nitrogens with one attached hydrogen (secondary N) is 1. The Kier molecular flexibility index (Phi) is 8.38. The summed E-state index contributed by atoms with van der Waals surface area (Å²) in [5, 5.41) is 4.11. The average Bonchev–Trinajstić information content (AvgIpc) is 2.65. The molecule has 4 nitrogen and oxygen atoms in total. The van der Waals surface area contributed by atoms with E-state index < -0.39 is 0 Å². The fraction of sp³-hybridized carbons (Fsp3) is 0.381. The minimum Gasteiger partial charge on any atom is -0.497 e. The van der Waals surface area contributed by atoms with E-state index in [-0.39, 0.29) is 0 Å². The van der Waals surface area contributed by atoms with Gasteiger partial charge in [-0.15, -0.1) is 0 Å². The third-order valence-corrected chi connectivity index (χ3v) is 4.52. The van der Waals surface area contributed by atoms with Crippen molar-refractivity contribution >= 4 is 23.0 Å². The molecule has 0 spiro atoms. The molecule has 140 valence electrons. The molecule has 0 fully saturated rings. The predicted octanol–water partition coefficient (Wildman–Crippen LogP) is 3.89. The summed E-state index contributed by atoms with van der Waals surface area (Å²) in [6.45, 7) is 2.79. The van der Waals surface area contributed by atoms with Gasteiger partial charge in [-0.1, -0.05) is 36.4 Å². The predicted molar refractivity (Wildman–Crippen MR) is 114 cm³/mol. The Morgan fingerprint density at radius 3 is 2.46 bits per heavy atom. The number of rotatable bonds is 9. The van der Waals surface area contributed by atoms with E-state index in [4.69, 9.17) is 17.0 Å². The van der Waals surface area contributed by atoms with Crippen molar-refractivity contribution in [1.82, 2.24) is 9.80 Å². The van der Waals surface area contributed by atoms with Gasteiger partial charge in [-0.05, 0) is 56.9 Å². The highest BCUT2D eigenvalue weighted by Crippen LogP contribution is 2.17. The summed E-state index contributed by atoms with van der Waals surface area (Å²) in [5.41, 5.74) is 2.32. The first-order valence-electron chi connectivity index (χ1n) is 8.97. The van der Waals surface area contributed by atoms with Crippen LogP contribution in [0.15, 0.2) is 54.6 Å². The summed E-state index contributed by atoms with van der Waals surface area (Å²) in [6, 6.07) is 18.4. The second kappa shape index (κ2) is 10.8. The summed E-state index contributed by atoms with van der Waals surface area (Å²) in [5.74, 6) is 0.821. The molecule has 0 atom stereocenters. The average molecular weight is 372 g/mol. The molecule has 26 heavy (non-hydrogen) atoms. The fourth-order valence-electron chi connectivity index (χ4n) is 2.66. The van der Waals surface area contributed by atoms with Gasteiger partial charge in [0.05, 0.1) is 7.11 Å². The molecule has 2 aromatic carbocycles.